The number of nitrogens with one attached hydrogen (secondary N) is 1. The monoisotopic (exact) mass is 309 g/mol. The van der Waals surface area contributed by atoms with Gasteiger partial charge >= 0.3 is 5.69 Å². The van der Waals surface area contributed by atoms with Crippen molar-refractivity contribution < 1.29 is 14.1 Å². The summed E-state index contributed by atoms with van der Waals surface area (Å²) in [7, 11) is 0. The Kier molecular flexibility index (Phi) is 4.23. The van der Waals surface area contributed by atoms with E-state index in [1.807, 2.05) is 0 Å². The summed E-state index contributed by atoms with van der Waals surface area (Å²) in [5.41, 5.74) is 0.205. The molecule has 0 aliphatic rings. The second-order valence-corrected chi connectivity index (χ2v) is 4.73. The van der Waals surface area contributed by atoms with Gasteiger partial charge in [0.2, 0.25) is 5.89 Å². The normalized spacial score (nSPS) is 10.4. The van der Waals surface area contributed by atoms with Gasteiger partial charge in [0.15, 0.2) is 0 Å². The Labute approximate surface area is 125 Å². The van der Waals surface area contributed by atoms with Gasteiger partial charge in [0, 0.05) is 0 Å². The van der Waals surface area contributed by atoms with E-state index >= 15 is 0 Å². The average molecular weight is 310 g/mol. The van der Waals surface area contributed by atoms with Crippen molar-refractivity contribution in [3.05, 3.63) is 56.2 Å². The number of nitro benzene ring substituents is 1. The molecule has 0 unspecified atom stereocenters. The minimum absolute atomic E-state index is 0.0389. The van der Waals surface area contributed by atoms with Crippen LogP contribution in [0.1, 0.15) is 27.7 Å². The first-order valence-electron chi connectivity index (χ1n) is 6.04. The fourth-order valence-corrected chi connectivity index (χ4v) is 1.99. The lowest BCUT2D eigenvalue weighted by atomic mass is 10.1. The summed E-state index contributed by atoms with van der Waals surface area (Å²) < 4.78 is 5.32. The molecule has 0 saturated heterocycles. The summed E-state index contributed by atoms with van der Waals surface area (Å²) in [5.74, 6) is 0.383. The number of carbonyl (C=O) groups is 1. The number of benzene rings is 1. The fraction of sp³-hybridized carbons (Fsp3) is 0.231. The predicted octanol–water partition coefficient (Wildman–Crippen LogP) is 2.78. The predicted molar refractivity (Wildman–Crippen MR) is 75.3 cm³/mol. The molecule has 1 N–H and O–H groups in total. The van der Waals surface area contributed by atoms with Crippen LogP contribution in [0.5, 0.6) is 0 Å². The Morgan fingerprint density at radius 1 is 1.48 bits per heavy atom. The molecule has 21 heavy (non-hydrogen) atoms. The first-order valence-corrected chi connectivity index (χ1v) is 6.42. The van der Waals surface area contributed by atoms with E-state index in [-0.39, 0.29) is 17.1 Å². The molecule has 0 atom stereocenters. The summed E-state index contributed by atoms with van der Waals surface area (Å²) >= 11 is 5.76. The Balaban J connectivity index is 2.17. The van der Waals surface area contributed by atoms with Gasteiger partial charge in [0.25, 0.3) is 5.91 Å². The number of hydrogen-bond acceptors (Lipinski definition) is 5. The molecule has 0 saturated carbocycles. The molecule has 2 rings (SSSR count). The lowest BCUT2D eigenvalue weighted by molar-refractivity contribution is -0.385. The Morgan fingerprint density at radius 2 is 2.19 bits per heavy atom. The molecule has 1 amide bonds. The van der Waals surface area contributed by atoms with Crippen LogP contribution in [-0.2, 0) is 6.54 Å². The van der Waals surface area contributed by atoms with Gasteiger partial charge < -0.3 is 9.73 Å². The fourth-order valence-electron chi connectivity index (χ4n) is 1.75. The number of amides is 1. The molecule has 110 valence electrons. The summed E-state index contributed by atoms with van der Waals surface area (Å²) in [4.78, 5) is 26.4. The molecule has 1 aromatic heterocycles. The van der Waals surface area contributed by atoms with Crippen LogP contribution in [0.2, 0.25) is 5.02 Å². The quantitative estimate of drug-likeness (QED) is 0.691. The van der Waals surface area contributed by atoms with Crippen LogP contribution >= 0.6 is 11.6 Å². The van der Waals surface area contributed by atoms with Crippen LogP contribution in [0.15, 0.2) is 22.6 Å². The Hall–Kier alpha value is -2.41. The number of rotatable bonds is 4. The van der Waals surface area contributed by atoms with E-state index in [4.69, 9.17) is 16.0 Å². The zero-order valence-corrected chi connectivity index (χ0v) is 12.1. The van der Waals surface area contributed by atoms with Crippen LogP contribution in [0.4, 0.5) is 5.69 Å². The van der Waals surface area contributed by atoms with E-state index in [1.54, 1.807) is 13.8 Å². The maximum absolute atomic E-state index is 12.0. The SMILES string of the molecule is Cc1nc(CNC(=O)c2cccc(Cl)c2[N+](=O)[O-])oc1C. The van der Waals surface area contributed by atoms with Gasteiger partial charge in [-0.2, -0.15) is 0 Å². The van der Waals surface area contributed by atoms with Crippen molar-refractivity contribution in [2.24, 2.45) is 0 Å². The first kappa shape index (κ1) is 15.0. The van der Waals surface area contributed by atoms with Crippen molar-refractivity contribution in [2.45, 2.75) is 20.4 Å². The number of carbonyl (C=O) groups excluding carboxylic acids is 1. The van der Waals surface area contributed by atoms with Gasteiger partial charge in [-0.1, -0.05) is 17.7 Å². The number of aryl methyl sites for hydroxylation is 2. The molecule has 8 heteroatoms. The summed E-state index contributed by atoms with van der Waals surface area (Å²) in [6.07, 6.45) is 0. The zero-order valence-electron chi connectivity index (χ0n) is 11.3. The van der Waals surface area contributed by atoms with E-state index in [0.717, 1.165) is 5.69 Å². The van der Waals surface area contributed by atoms with E-state index in [1.165, 1.54) is 18.2 Å². The number of para-hydroxylation sites is 1. The maximum atomic E-state index is 12.0. The largest absolute Gasteiger partial charge is 0.444 e. The highest BCUT2D eigenvalue weighted by molar-refractivity contribution is 6.33. The molecule has 0 aliphatic heterocycles. The summed E-state index contributed by atoms with van der Waals surface area (Å²) in [6, 6.07) is 4.17. The van der Waals surface area contributed by atoms with Crippen LogP contribution in [0.25, 0.3) is 0 Å². The molecule has 0 fully saturated rings. The second kappa shape index (κ2) is 5.92. The highest BCUT2D eigenvalue weighted by atomic mass is 35.5. The van der Waals surface area contributed by atoms with E-state index < -0.39 is 16.5 Å². The number of nitro groups is 1. The second-order valence-electron chi connectivity index (χ2n) is 4.32. The van der Waals surface area contributed by atoms with Crippen molar-refractivity contribution in [2.75, 3.05) is 0 Å². The third-order valence-corrected chi connectivity index (χ3v) is 3.19. The van der Waals surface area contributed by atoms with Gasteiger partial charge in [-0.15, -0.1) is 0 Å². The highest BCUT2D eigenvalue weighted by Gasteiger charge is 2.23. The third kappa shape index (κ3) is 3.19. The topological polar surface area (TPSA) is 98.3 Å². The van der Waals surface area contributed by atoms with Crippen LogP contribution < -0.4 is 5.32 Å². The van der Waals surface area contributed by atoms with Gasteiger partial charge in [-0.3, -0.25) is 14.9 Å². The number of aromatic nitrogens is 1. The highest BCUT2D eigenvalue weighted by Crippen LogP contribution is 2.28. The Morgan fingerprint density at radius 3 is 2.76 bits per heavy atom. The van der Waals surface area contributed by atoms with Crippen LogP contribution in [0, 0.1) is 24.0 Å². The van der Waals surface area contributed by atoms with Crippen molar-refractivity contribution in [3.8, 4) is 0 Å². The molecular weight excluding hydrogens is 298 g/mol. The van der Waals surface area contributed by atoms with Gasteiger partial charge in [0.1, 0.15) is 16.3 Å². The van der Waals surface area contributed by atoms with Crippen molar-refractivity contribution >= 4 is 23.2 Å². The smallest absolute Gasteiger partial charge is 0.300 e. The first-order chi connectivity index (χ1) is 9.90. The van der Waals surface area contributed by atoms with E-state index in [0.29, 0.717) is 11.7 Å². The minimum Gasteiger partial charge on any atom is -0.444 e. The lowest BCUT2D eigenvalue weighted by Gasteiger charge is -2.04. The molecule has 1 heterocycles. The minimum atomic E-state index is -0.684. The van der Waals surface area contributed by atoms with Gasteiger partial charge in [-0.25, -0.2) is 4.98 Å². The van der Waals surface area contributed by atoms with Gasteiger partial charge in [-0.05, 0) is 26.0 Å². The van der Waals surface area contributed by atoms with E-state index in [9.17, 15) is 14.9 Å². The molecule has 2 aromatic rings. The zero-order chi connectivity index (χ0) is 15.6. The average Bonchev–Trinajstić information content (AvgIpc) is 2.74. The van der Waals surface area contributed by atoms with E-state index in [2.05, 4.69) is 10.3 Å². The third-order valence-electron chi connectivity index (χ3n) is 2.89. The summed E-state index contributed by atoms with van der Waals surface area (Å²) in [6.45, 7) is 3.58. The molecule has 1 aromatic carbocycles. The van der Waals surface area contributed by atoms with Crippen molar-refractivity contribution in [1.29, 1.82) is 0 Å². The number of hydrogen-bond donors (Lipinski definition) is 1. The molecule has 0 radical (unpaired) electrons. The molecule has 0 bridgehead atoms. The van der Waals surface area contributed by atoms with Crippen LogP contribution in [-0.4, -0.2) is 15.8 Å². The maximum Gasteiger partial charge on any atom is 0.300 e. The standard InChI is InChI=1S/C13H12ClN3O4/c1-7-8(2)21-11(16-7)6-15-13(18)9-4-3-5-10(14)12(9)17(19)20/h3-5H,6H2,1-2H3,(H,15,18). The Bertz CT molecular complexity index is 692. The summed E-state index contributed by atoms with van der Waals surface area (Å²) in [5, 5.41) is 13.4. The number of halogens is 1. The molecule has 0 aliphatic carbocycles. The van der Waals surface area contributed by atoms with Crippen molar-refractivity contribution in [1.82, 2.24) is 10.3 Å². The number of oxazole rings is 1. The molecule has 0 spiro atoms. The van der Waals surface area contributed by atoms with Crippen molar-refractivity contribution in [3.63, 3.8) is 0 Å². The van der Waals surface area contributed by atoms with Gasteiger partial charge in [0.05, 0.1) is 17.2 Å². The number of nitrogens with zero attached hydrogens (tertiary/aromatic N) is 2. The lowest BCUT2D eigenvalue weighted by Crippen LogP contribution is -2.24. The molecule has 7 nitrogen and oxygen atoms in total. The van der Waals surface area contributed by atoms with Crippen LogP contribution in [0.3, 0.4) is 0 Å². The molecular formula is C13H12ClN3O4.